The molecule has 0 aliphatic carbocycles. The quantitative estimate of drug-likeness (QED) is 0.568. The molecule has 26 heavy (non-hydrogen) atoms. The largest absolute Gasteiger partial charge is 0.487 e. The summed E-state index contributed by atoms with van der Waals surface area (Å²) in [5, 5.41) is 0. The van der Waals surface area contributed by atoms with Gasteiger partial charge >= 0.3 is 0 Å². The van der Waals surface area contributed by atoms with Gasteiger partial charge in [-0.3, -0.25) is 9.78 Å². The average Bonchev–Trinajstić information content (AvgIpc) is 2.64. The minimum atomic E-state index is 0.0909. The molecule has 140 valence electrons. The molecule has 0 bridgehead atoms. The molecule has 2 aromatic rings. The Bertz CT molecular complexity index is 662. The summed E-state index contributed by atoms with van der Waals surface area (Å²) in [7, 11) is 0. The molecule has 3 heteroatoms. The van der Waals surface area contributed by atoms with Crippen LogP contribution in [0.2, 0.25) is 0 Å². The monoisotopic (exact) mass is 353 g/mol. The van der Waals surface area contributed by atoms with E-state index in [9.17, 15) is 4.79 Å². The zero-order chi connectivity index (χ0) is 18.9. The van der Waals surface area contributed by atoms with Gasteiger partial charge in [0.15, 0.2) is 0 Å². The van der Waals surface area contributed by atoms with Gasteiger partial charge in [-0.25, -0.2) is 0 Å². The predicted molar refractivity (Wildman–Crippen MR) is 106 cm³/mol. The number of carbonyl (C=O) groups is 1. The summed E-state index contributed by atoms with van der Waals surface area (Å²) in [6.07, 6.45) is 4.64. The summed E-state index contributed by atoms with van der Waals surface area (Å²) in [5.74, 6) is 2.03. The molecule has 0 amide bonds. The number of carbonyl (C=O) groups excluding carboxylic acids is 1. The van der Waals surface area contributed by atoms with Crippen molar-refractivity contribution in [1.82, 2.24) is 4.98 Å². The minimum Gasteiger partial charge on any atom is -0.487 e. The molecule has 1 aromatic carbocycles. The van der Waals surface area contributed by atoms with Gasteiger partial charge in [-0.2, -0.15) is 0 Å². The van der Waals surface area contributed by atoms with E-state index in [1.54, 1.807) is 6.20 Å². The van der Waals surface area contributed by atoms with Gasteiger partial charge in [0.25, 0.3) is 0 Å². The molecule has 1 heterocycles. The van der Waals surface area contributed by atoms with Gasteiger partial charge < -0.3 is 4.74 Å². The first-order valence-corrected chi connectivity index (χ1v) is 9.61. The standard InChI is InChI=1S/C23H31NO2/c1-17(2)8-11-20(23(25)18(3)4)15-19-9-12-22(13-10-19)26-16-21-7-5-6-14-24-21/h5-7,9-10,12-14,17-18,20H,8,11,15-16H2,1-4H3. The summed E-state index contributed by atoms with van der Waals surface area (Å²) in [5.41, 5.74) is 2.10. The van der Waals surface area contributed by atoms with Gasteiger partial charge in [0.1, 0.15) is 18.1 Å². The Morgan fingerprint density at radius 2 is 1.73 bits per heavy atom. The molecule has 0 saturated carbocycles. The first-order valence-electron chi connectivity index (χ1n) is 9.61. The lowest BCUT2D eigenvalue weighted by molar-refractivity contribution is -0.126. The molecule has 1 aromatic heterocycles. The van der Waals surface area contributed by atoms with Crippen LogP contribution in [0, 0.1) is 17.8 Å². The van der Waals surface area contributed by atoms with Crippen molar-refractivity contribution >= 4 is 5.78 Å². The van der Waals surface area contributed by atoms with E-state index in [4.69, 9.17) is 4.74 Å². The number of aromatic nitrogens is 1. The van der Waals surface area contributed by atoms with Crippen molar-refractivity contribution in [3.05, 3.63) is 59.9 Å². The fraction of sp³-hybridized carbons (Fsp3) is 0.478. The number of ketones is 1. The number of pyridine rings is 1. The molecule has 0 saturated heterocycles. The summed E-state index contributed by atoms with van der Waals surface area (Å²) in [6, 6.07) is 13.9. The number of benzene rings is 1. The van der Waals surface area contributed by atoms with Gasteiger partial charge in [0.2, 0.25) is 0 Å². The van der Waals surface area contributed by atoms with Crippen LogP contribution in [0.15, 0.2) is 48.7 Å². The van der Waals surface area contributed by atoms with E-state index in [0.29, 0.717) is 18.3 Å². The van der Waals surface area contributed by atoms with Crippen LogP contribution in [0.1, 0.15) is 51.8 Å². The molecule has 0 spiro atoms. The highest BCUT2D eigenvalue weighted by atomic mass is 16.5. The zero-order valence-electron chi connectivity index (χ0n) is 16.4. The molecule has 1 atom stereocenters. The van der Waals surface area contributed by atoms with Gasteiger partial charge in [-0.1, -0.05) is 52.3 Å². The summed E-state index contributed by atoms with van der Waals surface area (Å²) >= 11 is 0. The number of nitrogens with zero attached hydrogens (tertiary/aromatic N) is 1. The lowest BCUT2D eigenvalue weighted by atomic mass is 9.85. The summed E-state index contributed by atoms with van der Waals surface area (Å²) < 4.78 is 5.79. The van der Waals surface area contributed by atoms with Crippen molar-refractivity contribution in [3.8, 4) is 5.75 Å². The van der Waals surface area contributed by atoms with Crippen LogP contribution in [-0.2, 0) is 17.8 Å². The first kappa shape index (κ1) is 20.2. The molecule has 2 rings (SSSR count). The Balaban J connectivity index is 1.95. The van der Waals surface area contributed by atoms with Crippen LogP contribution >= 0.6 is 0 Å². The average molecular weight is 354 g/mol. The highest BCUT2D eigenvalue weighted by molar-refractivity contribution is 5.83. The van der Waals surface area contributed by atoms with Crippen molar-refractivity contribution in [1.29, 1.82) is 0 Å². The first-order chi connectivity index (χ1) is 12.5. The second kappa shape index (κ2) is 10.1. The maximum atomic E-state index is 12.6. The third-order valence-corrected chi connectivity index (χ3v) is 4.58. The van der Waals surface area contributed by atoms with Crippen LogP contribution < -0.4 is 4.74 Å². The number of rotatable bonds is 10. The predicted octanol–water partition coefficient (Wildman–Crippen LogP) is 5.48. The Kier molecular flexibility index (Phi) is 7.83. The molecule has 0 aliphatic heterocycles. The second-order valence-corrected chi connectivity index (χ2v) is 7.68. The third kappa shape index (κ3) is 6.62. The molecule has 0 radical (unpaired) electrons. The Labute approximate surface area is 157 Å². The van der Waals surface area contributed by atoms with E-state index < -0.39 is 0 Å². The smallest absolute Gasteiger partial charge is 0.138 e. The normalized spacial score (nSPS) is 12.4. The molecule has 0 fully saturated rings. The lowest BCUT2D eigenvalue weighted by Crippen LogP contribution is -2.22. The van der Waals surface area contributed by atoms with Crippen molar-refractivity contribution in [2.45, 2.75) is 53.6 Å². The highest BCUT2D eigenvalue weighted by Crippen LogP contribution is 2.23. The number of Topliss-reactive ketones (excluding diaryl/α,β-unsaturated/α-hetero) is 1. The van der Waals surface area contributed by atoms with E-state index in [2.05, 4.69) is 31.0 Å². The van der Waals surface area contributed by atoms with Crippen molar-refractivity contribution < 1.29 is 9.53 Å². The molecule has 3 nitrogen and oxygen atoms in total. The van der Waals surface area contributed by atoms with E-state index in [-0.39, 0.29) is 11.8 Å². The summed E-state index contributed by atoms with van der Waals surface area (Å²) in [6.45, 7) is 8.89. The van der Waals surface area contributed by atoms with Crippen molar-refractivity contribution in [2.24, 2.45) is 17.8 Å². The van der Waals surface area contributed by atoms with Crippen LogP contribution in [0.5, 0.6) is 5.75 Å². The topological polar surface area (TPSA) is 39.2 Å². The van der Waals surface area contributed by atoms with Crippen LogP contribution in [0.3, 0.4) is 0 Å². The van der Waals surface area contributed by atoms with Crippen LogP contribution in [0.4, 0.5) is 0 Å². The van der Waals surface area contributed by atoms with Crippen molar-refractivity contribution in [3.63, 3.8) is 0 Å². The van der Waals surface area contributed by atoms with Gasteiger partial charge in [-0.15, -0.1) is 0 Å². The number of hydrogen-bond acceptors (Lipinski definition) is 3. The zero-order valence-corrected chi connectivity index (χ0v) is 16.4. The molecular formula is C23H31NO2. The fourth-order valence-electron chi connectivity index (χ4n) is 3.00. The maximum absolute atomic E-state index is 12.6. The lowest BCUT2D eigenvalue weighted by Gasteiger charge is -2.19. The molecule has 0 N–H and O–H groups in total. The Morgan fingerprint density at radius 3 is 2.31 bits per heavy atom. The van der Waals surface area contributed by atoms with E-state index in [1.807, 2.05) is 44.2 Å². The van der Waals surface area contributed by atoms with E-state index in [0.717, 1.165) is 30.7 Å². The Hall–Kier alpha value is -2.16. The van der Waals surface area contributed by atoms with E-state index >= 15 is 0 Å². The van der Waals surface area contributed by atoms with Crippen molar-refractivity contribution in [2.75, 3.05) is 0 Å². The Morgan fingerprint density at radius 1 is 1.00 bits per heavy atom. The minimum absolute atomic E-state index is 0.0909. The van der Waals surface area contributed by atoms with Gasteiger partial charge in [0.05, 0.1) is 5.69 Å². The number of ether oxygens (including phenoxy) is 1. The van der Waals surface area contributed by atoms with E-state index in [1.165, 1.54) is 5.56 Å². The second-order valence-electron chi connectivity index (χ2n) is 7.68. The fourth-order valence-corrected chi connectivity index (χ4v) is 3.00. The van der Waals surface area contributed by atoms with Crippen LogP contribution in [-0.4, -0.2) is 10.8 Å². The van der Waals surface area contributed by atoms with Crippen LogP contribution in [0.25, 0.3) is 0 Å². The molecular weight excluding hydrogens is 322 g/mol. The third-order valence-electron chi connectivity index (χ3n) is 4.58. The molecule has 0 aliphatic rings. The highest BCUT2D eigenvalue weighted by Gasteiger charge is 2.21. The molecule has 1 unspecified atom stereocenters. The SMILES string of the molecule is CC(C)CCC(Cc1ccc(OCc2ccccn2)cc1)C(=O)C(C)C. The maximum Gasteiger partial charge on any atom is 0.138 e. The van der Waals surface area contributed by atoms with Gasteiger partial charge in [0, 0.05) is 18.0 Å². The number of hydrogen-bond donors (Lipinski definition) is 0. The van der Waals surface area contributed by atoms with Gasteiger partial charge in [-0.05, 0) is 48.6 Å². The summed E-state index contributed by atoms with van der Waals surface area (Å²) in [4.78, 5) is 16.8.